The maximum absolute atomic E-state index is 12.8. The Hall–Kier alpha value is -0.400. The lowest BCUT2D eigenvalue weighted by Crippen LogP contribution is -2.62. The molecule has 10 heteroatoms. The van der Waals surface area contributed by atoms with Gasteiger partial charge in [-0.25, -0.2) is 0 Å². The lowest BCUT2D eigenvalue weighted by Gasteiger charge is -2.63. The lowest BCUT2D eigenvalue weighted by molar-refractivity contribution is -0.326. The summed E-state index contributed by atoms with van der Waals surface area (Å²) in [5.74, 6) is 0.197. The van der Waals surface area contributed by atoms with E-state index in [1.165, 1.54) is 6.42 Å². The highest BCUT2D eigenvalue weighted by Crippen LogP contribution is 2.90. The third kappa shape index (κ3) is 3.82. The van der Waals surface area contributed by atoms with Crippen molar-refractivity contribution in [1.82, 2.24) is 0 Å². The van der Waals surface area contributed by atoms with Gasteiger partial charge in [-0.3, -0.25) is 0 Å². The zero-order chi connectivity index (χ0) is 33.9. The van der Waals surface area contributed by atoms with Crippen LogP contribution >= 0.6 is 0 Å². The molecule has 0 aromatic rings. The molecule has 0 unspecified atom stereocenters. The Kier molecular flexibility index (Phi) is 7.27. The zero-order valence-electron chi connectivity index (χ0n) is 29.6. The zero-order valence-corrected chi connectivity index (χ0v) is 29.6. The van der Waals surface area contributed by atoms with Gasteiger partial charge in [-0.2, -0.15) is 0 Å². The summed E-state index contributed by atoms with van der Waals surface area (Å²) in [5, 5.41) is 54.0. The molecule has 0 radical (unpaired) electrons. The molecule has 8 rings (SSSR count). The first-order valence-electron chi connectivity index (χ1n) is 18.5. The molecule has 2 bridgehead atoms. The molecule has 5 N–H and O–H groups in total. The van der Waals surface area contributed by atoms with Gasteiger partial charge >= 0.3 is 0 Å². The average molecular weight is 665 g/mol. The number of aliphatic hydroxyl groups is 5. The lowest BCUT2D eigenvalue weighted by atomic mass is 9.41. The molecule has 0 aromatic carbocycles. The van der Waals surface area contributed by atoms with Crippen LogP contribution in [0.5, 0.6) is 0 Å². The van der Waals surface area contributed by atoms with E-state index in [-0.39, 0.29) is 51.3 Å². The van der Waals surface area contributed by atoms with Crippen LogP contribution in [0.25, 0.3) is 0 Å². The van der Waals surface area contributed by atoms with Crippen LogP contribution in [0.15, 0.2) is 0 Å². The maximum atomic E-state index is 12.8. The number of fused-ring (bicyclic) bond motifs is 4. The molecule has 18 atom stereocenters. The summed E-state index contributed by atoms with van der Waals surface area (Å²) in [6, 6.07) is 0. The van der Waals surface area contributed by atoms with Gasteiger partial charge in [0.1, 0.15) is 36.6 Å². The first kappa shape index (κ1) is 33.7. The van der Waals surface area contributed by atoms with Gasteiger partial charge in [-0.15, -0.1) is 0 Å². The highest BCUT2D eigenvalue weighted by Gasteiger charge is 2.88. The van der Waals surface area contributed by atoms with Gasteiger partial charge in [0.05, 0.1) is 24.4 Å². The minimum absolute atomic E-state index is 0.102. The molecular weight excluding hydrogens is 604 g/mol. The topological polar surface area (TPSA) is 147 Å². The van der Waals surface area contributed by atoms with E-state index in [1.807, 2.05) is 0 Å². The van der Waals surface area contributed by atoms with Crippen LogP contribution in [0.3, 0.4) is 0 Å². The molecule has 8 fully saturated rings. The summed E-state index contributed by atoms with van der Waals surface area (Å²) in [7, 11) is 1.73. The van der Waals surface area contributed by atoms with Crippen molar-refractivity contribution in [1.29, 1.82) is 0 Å². The van der Waals surface area contributed by atoms with Gasteiger partial charge in [-0.05, 0) is 105 Å². The summed E-state index contributed by atoms with van der Waals surface area (Å²) >= 11 is 0. The second-order valence-corrected chi connectivity index (χ2v) is 18.9. The monoisotopic (exact) mass is 664 g/mol. The summed E-state index contributed by atoms with van der Waals surface area (Å²) in [4.78, 5) is 0. The summed E-state index contributed by atoms with van der Waals surface area (Å²) in [6.45, 7) is 15.4. The third-order valence-electron chi connectivity index (χ3n) is 16.8. The number of hydrogen-bond donors (Lipinski definition) is 5. The van der Waals surface area contributed by atoms with E-state index in [9.17, 15) is 25.5 Å². The minimum Gasteiger partial charge on any atom is -0.394 e. The van der Waals surface area contributed by atoms with Crippen molar-refractivity contribution in [2.24, 2.45) is 50.7 Å². The Morgan fingerprint density at radius 3 is 2.21 bits per heavy atom. The predicted octanol–water partition coefficient (Wildman–Crippen LogP) is 3.14. The number of rotatable bonds is 5. The van der Waals surface area contributed by atoms with Crippen molar-refractivity contribution < 1.29 is 49.2 Å². The standard InChI is InChI=1S/C37H60O10/c1-18-15-19-28(32(4,5)43-8)47-37(46-19)27(18)33(6)13-14-36-17-35(36)12-11-23(45-29-26(41)25(40)24(39)20(16-38)44-29)31(2,3)21(35)9-10-22(36)34(33,7)30(37)42/h18-30,38-42H,9-17H2,1-8H3/t18-,19-,20-,21+,22+,23+,24+,25+,26-,27-,28+,29+,30-,33-,34-,35-,36+,37+/m1/s1. The number of ether oxygens (including phenoxy) is 5. The van der Waals surface area contributed by atoms with E-state index < -0.39 is 54.8 Å². The van der Waals surface area contributed by atoms with Crippen LogP contribution < -0.4 is 0 Å². The van der Waals surface area contributed by atoms with Crippen LogP contribution in [0.1, 0.15) is 99.8 Å². The predicted molar refractivity (Wildman–Crippen MR) is 170 cm³/mol. The van der Waals surface area contributed by atoms with Crippen molar-refractivity contribution in [3.8, 4) is 0 Å². The van der Waals surface area contributed by atoms with Gasteiger partial charge in [0.2, 0.25) is 0 Å². The number of hydrogen-bond acceptors (Lipinski definition) is 10. The highest BCUT2D eigenvalue weighted by atomic mass is 16.8. The minimum atomic E-state index is -1.45. The summed E-state index contributed by atoms with van der Waals surface area (Å²) in [6.07, 6.45) is 0.485. The number of aliphatic hydroxyl groups excluding tert-OH is 5. The molecule has 10 nitrogen and oxygen atoms in total. The van der Waals surface area contributed by atoms with E-state index >= 15 is 0 Å². The van der Waals surface area contributed by atoms with Crippen LogP contribution in [0.2, 0.25) is 0 Å². The molecule has 3 heterocycles. The molecule has 3 aliphatic heterocycles. The van der Waals surface area contributed by atoms with Gasteiger partial charge in [0.15, 0.2) is 12.1 Å². The molecule has 3 spiro atoms. The van der Waals surface area contributed by atoms with Gasteiger partial charge < -0.3 is 49.2 Å². The summed E-state index contributed by atoms with van der Waals surface area (Å²) < 4.78 is 32.2. The van der Waals surface area contributed by atoms with Crippen LogP contribution in [-0.2, 0) is 23.7 Å². The summed E-state index contributed by atoms with van der Waals surface area (Å²) in [5.41, 5.74) is -0.947. The fraction of sp³-hybridized carbons (Fsp3) is 1.00. The quantitative estimate of drug-likeness (QED) is 0.278. The largest absolute Gasteiger partial charge is 0.394 e. The first-order chi connectivity index (χ1) is 21.9. The van der Waals surface area contributed by atoms with E-state index in [4.69, 9.17) is 23.7 Å². The Morgan fingerprint density at radius 2 is 1.53 bits per heavy atom. The number of methoxy groups -OCH3 is 1. The molecule has 47 heavy (non-hydrogen) atoms. The van der Waals surface area contributed by atoms with Gasteiger partial charge in [0.25, 0.3) is 0 Å². The maximum Gasteiger partial charge on any atom is 0.199 e. The molecule has 5 aliphatic carbocycles. The Bertz CT molecular complexity index is 1270. The Labute approximate surface area is 279 Å². The molecule has 8 aliphatic rings. The van der Waals surface area contributed by atoms with E-state index in [2.05, 4.69) is 48.5 Å². The van der Waals surface area contributed by atoms with Gasteiger partial charge in [0, 0.05) is 18.4 Å². The molecule has 3 saturated heterocycles. The third-order valence-corrected chi connectivity index (χ3v) is 16.8. The smallest absolute Gasteiger partial charge is 0.199 e. The fourth-order valence-electron chi connectivity index (χ4n) is 14.4. The van der Waals surface area contributed by atoms with Crippen LogP contribution in [0.4, 0.5) is 0 Å². The molecule has 0 amide bonds. The van der Waals surface area contributed by atoms with Crippen molar-refractivity contribution >= 4 is 0 Å². The molecular formula is C37H60O10. The molecule has 0 aromatic heterocycles. The van der Waals surface area contributed by atoms with E-state index in [1.54, 1.807) is 7.11 Å². The highest BCUT2D eigenvalue weighted by molar-refractivity contribution is 5.34. The SMILES string of the molecule is COC(C)(C)[C@H]1O[C@@]23O[C@@H]1C[C@@H](C)[C@@H]2[C@@]1(C)CC[C@@]24C[C@@]25CC[C@H](O[C@@H]2O[C@H](CO)[C@H](O)[C@H](O)[C@H]2O)C(C)(C)[C@@H]5CC[C@H]4[C@]1(C)[C@H]3O. The Balaban J connectivity index is 1.08. The van der Waals surface area contributed by atoms with Crippen LogP contribution in [0, 0.1) is 50.7 Å². The molecule has 5 saturated carbocycles. The fourth-order valence-corrected chi connectivity index (χ4v) is 14.4. The van der Waals surface area contributed by atoms with Crippen molar-refractivity contribution in [2.75, 3.05) is 13.7 Å². The van der Waals surface area contributed by atoms with E-state index in [0.717, 1.165) is 44.9 Å². The Morgan fingerprint density at radius 1 is 0.851 bits per heavy atom. The van der Waals surface area contributed by atoms with Gasteiger partial charge in [-0.1, -0.05) is 34.6 Å². The van der Waals surface area contributed by atoms with Crippen molar-refractivity contribution in [3.05, 3.63) is 0 Å². The van der Waals surface area contributed by atoms with Crippen molar-refractivity contribution in [2.45, 2.75) is 166 Å². The average Bonchev–Trinajstić information content (AvgIpc) is 3.54. The second kappa shape index (κ2) is 10.1. The normalized spacial score (nSPS) is 60.6. The first-order valence-corrected chi connectivity index (χ1v) is 18.5. The molecule has 268 valence electrons. The second-order valence-electron chi connectivity index (χ2n) is 18.9. The van der Waals surface area contributed by atoms with E-state index in [0.29, 0.717) is 17.8 Å². The van der Waals surface area contributed by atoms with Crippen molar-refractivity contribution in [3.63, 3.8) is 0 Å². The van der Waals surface area contributed by atoms with Crippen LogP contribution in [-0.4, -0.2) is 106 Å².